The van der Waals surface area contributed by atoms with Crippen LogP contribution in [-0.2, 0) is 30.2 Å². The zero-order chi connectivity index (χ0) is 26.0. The van der Waals surface area contributed by atoms with Crippen molar-refractivity contribution in [2.75, 3.05) is 13.2 Å². The molecule has 5 N–H and O–H groups in total. The lowest BCUT2D eigenvalue weighted by Gasteiger charge is -2.45. The fourth-order valence-corrected chi connectivity index (χ4v) is 4.99. The molecule has 36 heavy (non-hydrogen) atoms. The van der Waals surface area contributed by atoms with Gasteiger partial charge >= 0.3 is 5.97 Å². The predicted molar refractivity (Wildman–Crippen MR) is 123 cm³/mol. The molecule has 0 aliphatic carbocycles. The van der Waals surface area contributed by atoms with Crippen LogP contribution >= 0.6 is 0 Å². The summed E-state index contributed by atoms with van der Waals surface area (Å²) in [6, 6.07) is 8.02. The Labute approximate surface area is 207 Å². The molecule has 0 saturated carbocycles. The van der Waals surface area contributed by atoms with E-state index < -0.39 is 67.4 Å². The van der Waals surface area contributed by atoms with Crippen molar-refractivity contribution < 1.29 is 49.3 Å². The lowest BCUT2D eigenvalue weighted by molar-refractivity contribution is -0.339. The second kappa shape index (κ2) is 11.1. The maximum atomic E-state index is 13.4. The van der Waals surface area contributed by atoms with Gasteiger partial charge in [0.1, 0.15) is 30.5 Å². The molecule has 0 spiro atoms. The van der Waals surface area contributed by atoms with E-state index in [1.807, 2.05) is 30.3 Å². The Morgan fingerprint density at radius 2 is 1.89 bits per heavy atom. The summed E-state index contributed by atoms with van der Waals surface area (Å²) in [5.41, 5.74) is 1.09. The molecule has 11 nitrogen and oxygen atoms in total. The molecule has 9 unspecified atom stereocenters. The number of nitrogens with zero attached hydrogens (tertiary/aromatic N) is 1. The third-order valence-corrected chi connectivity index (χ3v) is 7.02. The molecule has 0 aromatic heterocycles. The molecular weight excluding hydrogens is 474 g/mol. The fourth-order valence-electron chi connectivity index (χ4n) is 4.99. The third-order valence-electron chi connectivity index (χ3n) is 7.02. The van der Waals surface area contributed by atoms with Crippen LogP contribution in [0.1, 0.15) is 12.0 Å². The van der Waals surface area contributed by atoms with Crippen LogP contribution in [0.3, 0.4) is 0 Å². The minimum absolute atomic E-state index is 0.161. The number of hydrogen-bond acceptors (Lipinski definition) is 9. The second-order valence-electron chi connectivity index (χ2n) is 9.16. The van der Waals surface area contributed by atoms with E-state index in [0.717, 1.165) is 5.56 Å². The van der Waals surface area contributed by atoms with Crippen LogP contribution in [0.15, 0.2) is 54.8 Å². The van der Waals surface area contributed by atoms with Gasteiger partial charge in [-0.05, 0) is 12.0 Å². The molecule has 9 atom stereocenters. The highest BCUT2D eigenvalue weighted by atomic mass is 16.8. The Bertz CT molecular complexity index is 982. The van der Waals surface area contributed by atoms with Crippen LogP contribution in [0.4, 0.5) is 0 Å². The van der Waals surface area contributed by atoms with Crippen LogP contribution in [-0.4, -0.2) is 98.5 Å². The zero-order valence-electron chi connectivity index (χ0n) is 19.5. The molecule has 196 valence electrons. The first-order valence-electron chi connectivity index (χ1n) is 11.8. The summed E-state index contributed by atoms with van der Waals surface area (Å²) in [4.78, 5) is 26.7. The number of carboxylic acid groups (broad SMARTS) is 1. The molecule has 1 amide bonds. The van der Waals surface area contributed by atoms with Crippen LogP contribution in [0.2, 0.25) is 0 Å². The van der Waals surface area contributed by atoms with E-state index in [9.17, 15) is 35.1 Å². The number of aliphatic hydroxyl groups excluding tert-OH is 4. The monoisotopic (exact) mass is 505 g/mol. The summed E-state index contributed by atoms with van der Waals surface area (Å²) in [5.74, 6) is -2.50. The number of benzene rings is 1. The van der Waals surface area contributed by atoms with Crippen LogP contribution in [0, 0.1) is 11.8 Å². The van der Waals surface area contributed by atoms with Gasteiger partial charge in [0.25, 0.3) is 5.91 Å². The first kappa shape index (κ1) is 26.3. The van der Waals surface area contributed by atoms with Crippen molar-refractivity contribution >= 4 is 11.9 Å². The largest absolute Gasteiger partial charge is 0.480 e. The lowest BCUT2D eigenvalue weighted by atomic mass is 9.78. The van der Waals surface area contributed by atoms with E-state index in [4.69, 9.17) is 14.2 Å². The summed E-state index contributed by atoms with van der Waals surface area (Å²) in [5, 5.41) is 49.6. The van der Waals surface area contributed by atoms with Crippen LogP contribution < -0.4 is 0 Å². The van der Waals surface area contributed by atoms with Crippen molar-refractivity contribution in [3.8, 4) is 0 Å². The van der Waals surface area contributed by atoms with Crippen molar-refractivity contribution in [2.45, 2.75) is 55.9 Å². The van der Waals surface area contributed by atoms with Crippen LogP contribution in [0.5, 0.6) is 0 Å². The maximum absolute atomic E-state index is 13.4. The molecule has 0 radical (unpaired) electrons. The van der Waals surface area contributed by atoms with E-state index in [2.05, 4.69) is 6.58 Å². The topological polar surface area (TPSA) is 166 Å². The molecule has 1 aromatic carbocycles. The highest BCUT2D eigenvalue weighted by Crippen LogP contribution is 2.40. The number of carbonyl (C=O) groups excluding carboxylic acids is 1. The Morgan fingerprint density at radius 1 is 1.17 bits per heavy atom. The third kappa shape index (κ3) is 5.03. The number of carboxylic acids is 1. The van der Waals surface area contributed by atoms with Gasteiger partial charge in [0.05, 0.1) is 18.4 Å². The Hall–Kier alpha value is -2.80. The molecule has 3 heterocycles. The number of amides is 1. The number of piperidine rings is 1. The van der Waals surface area contributed by atoms with E-state index >= 15 is 0 Å². The van der Waals surface area contributed by atoms with E-state index in [1.165, 1.54) is 11.2 Å². The van der Waals surface area contributed by atoms with Gasteiger partial charge < -0.3 is 44.6 Å². The first-order valence-corrected chi connectivity index (χ1v) is 11.8. The highest BCUT2D eigenvalue weighted by Gasteiger charge is 2.49. The zero-order valence-corrected chi connectivity index (χ0v) is 19.5. The maximum Gasteiger partial charge on any atom is 0.326 e. The number of ether oxygens (including phenoxy) is 3. The molecule has 11 heteroatoms. The van der Waals surface area contributed by atoms with Gasteiger partial charge in [-0.3, -0.25) is 4.79 Å². The number of aliphatic carboxylic acids is 1. The molecule has 1 aromatic rings. The minimum atomic E-state index is -1.61. The lowest BCUT2D eigenvalue weighted by Crippen LogP contribution is -2.60. The normalized spacial score (nSPS) is 35.3. The second-order valence-corrected chi connectivity index (χ2v) is 9.16. The Kier molecular flexibility index (Phi) is 8.08. The Balaban J connectivity index is 1.50. The van der Waals surface area contributed by atoms with Gasteiger partial charge in [0.15, 0.2) is 6.29 Å². The highest BCUT2D eigenvalue weighted by molar-refractivity contribution is 5.97. The fraction of sp³-hybridized carbons (Fsp3) is 0.520. The Morgan fingerprint density at radius 3 is 2.53 bits per heavy atom. The number of rotatable bonds is 8. The quantitative estimate of drug-likeness (QED) is 0.288. The predicted octanol–water partition coefficient (Wildman–Crippen LogP) is -0.610. The summed E-state index contributed by atoms with van der Waals surface area (Å²) < 4.78 is 16.8. The average molecular weight is 506 g/mol. The SMILES string of the molecule is C=CC1C(OC2OC(CO)C(O)C(O)C2O)OC=C2C(=O)N(C(Cc3ccccc3)C(=O)O)CCC21. The number of likely N-dealkylation sites (tertiary alicyclic amines) is 1. The van der Waals surface area contributed by atoms with Crippen molar-refractivity contribution in [1.82, 2.24) is 4.90 Å². The van der Waals surface area contributed by atoms with Gasteiger partial charge in [-0.2, -0.15) is 0 Å². The molecule has 2 saturated heterocycles. The number of carbonyl (C=O) groups is 2. The van der Waals surface area contributed by atoms with Gasteiger partial charge in [-0.15, -0.1) is 6.58 Å². The number of fused-ring (bicyclic) bond motifs is 1. The average Bonchev–Trinajstić information content (AvgIpc) is 2.88. The molecule has 3 aliphatic heterocycles. The summed E-state index contributed by atoms with van der Waals surface area (Å²) >= 11 is 0. The van der Waals surface area contributed by atoms with Gasteiger partial charge in [-0.1, -0.05) is 36.4 Å². The molecular formula is C25H31NO10. The minimum Gasteiger partial charge on any atom is -0.480 e. The smallest absolute Gasteiger partial charge is 0.326 e. The molecule has 2 fully saturated rings. The van der Waals surface area contributed by atoms with Crippen molar-refractivity contribution in [2.24, 2.45) is 11.8 Å². The van der Waals surface area contributed by atoms with Crippen molar-refractivity contribution in [3.63, 3.8) is 0 Å². The molecule has 4 rings (SSSR count). The van der Waals surface area contributed by atoms with Gasteiger partial charge in [0.2, 0.25) is 6.29 Å². The van der Waals surface area contributed by atoms with E-state index in [1.54, 1.807) is 6.08 Å². The number of hydrogen-bond donors (Lipinski definition) is 5. The van der Waals surface area contributed by atoms with Crippen molar-refractivity contribution in [1.29, 1.82) is 0 Å². The summed E-state index contributed by atoms with van der Waals surface area (Å²) in [7, 11) is 0. The van der Waals surface area contributed by atoms with Gasteiger partial charge in [-0.25, -0.2) is 4.79 Å². The summed E-state index contributed by atoms with van der Waals surface area (Å²) in [6.07, 6.45) is -4.99. The van der Waals surface area contributed by atoms with Gasteiger partial charge in [0, 0.05) is 24.8 Å². The first-order chi connectivity index (χ1) is 17.3. The number of aliphatic hydroxyl groups is 4. The van der Waals surface area contributed by atoms with E-state index in [0.29, 0.717) is 12.0 Å². The van der Waals surface area contributed by atoms with Crippen LogP contribution in [0.25, 0.3) is 0 Å². The molecule has 3 aliphatic rings. The van der Waals surface area contributed by atoms with Crippen molar-refractivity contribution in [3.05, 3.63) is 60.4 Å². The molecule has 0 bridgehead atoms. The van der Waals surface area contributed by atoms with E-state index in [-0.39, 0.29) is 18.9 Å². The summed E-state index contributed by atoms with van der Waals surface area (Å²) in [6.45, 7) is 3.41. The standard InChI is InChI=1S/C25H31NO10/c1-2-14-15-8-9-26(17(23(32)33)10-13-6-4-3-5-7-13)22(31)16(15)12-34-24(14)36-25-21(30)20(29)19(28)18(11-27)35-25/h2-7,12,14-15,17-21,24-25,27-30H,1,8-11H2,(H,32,33).